The van der Waals surface area contributed by atoms with E-state index in [1.54, 1.807) is 4.88 Å². The summed E-state index contributed by atoms with van der Waals surface area (Å²) in [5.41, 5.74) is 1.53. The van der Waals surface area contributed by atoms with Crippen LogP contribution in [0.1, 0.15) is 43.0 Å². The molecule has 1 aliphatic carbocycles. The molecule has 3 rings (SSSR count). The largest absolute Gasteiger partial charge is 0.440 e. The molecule has 114 valence electrons. The molecule has 0 atom stereocenters. The fourth-order valence-corrected chi connectivity index (χ4v) is 3.94. The Morgan fingerprint density at radius 2 is 2.19 bits per heavy atom. The third kappa shape index (κ3) is 3.74. The molecular weight excluding hydrogens is 280 g/mol. The van der Waals surface area contributed by atoms with Crippen molar-refractivity contribution in [3.05, 3.63) is 28.6 Å². The second-order valence-corrected chi connectivity index (χ2v) is 7.37. The first-order valence-corrected chi connectivity index (χ1v) is 8.81. The second-order valence-electron chi connectivity index (χ2n) is 6.23. The zero-order valence-electron chi connectivity index (χ0n) is 12.9. The van der Waals surface area contributed by atoms with E-state index in [0.29, 0.717) is 5.92 Å². The van der Waals surface area contributed by atoms with Gasteiger partial charge < -0.3 is 9.73 Å². The van der Waals surface area contributed by atoms with E-state index in [1.807, 2.05) is 17.5 Å². The minimum atomic E-state index is 0.683. The van der Waals surface area contributed by atoms with Crippen LogP contribution in [-0.4, -0.2) is 18.1 Å². The molecule has 0 saturated heterocycles. The van der Waals surface area contributed by atoms with Gasteiger partial charge in [0.05, 0.1) is 11.1 Å². The summed E-state index contributed by atoms with van der Waals surface area (Å²) in [6.45, 7) is 6.41. The van der Waals surface area contributed by atoms with Crippen LogP contribution in [0.3, 0.4) is 0 Å². The van der Waals surface area contributed by atoms with E-state index in [1.165, 1.54) is 36.1 Å². The molecule has 2 heterocycles. The van der Waals surface area contributed by atoms with E-state index in [-0.39, 0.29) is 0 Å². The van der Waals surface area contributed by atoms with E-state index in [2.05, 4.69) is 30.2 Å². The summed E-state index contributed by atoms with van der Waals surface area (Å²) in [4.78, 5) is 7.21. The van der Waals surface area contributed by atoms with E-state index in [0.717, 1.165) is 31.2 Å². The highest BCUT2D eigenvalue weighted by Crippen LogP contribution is 2.35. The first-order valence-electron chi connectivity index (χ1n) is 8.00. The Bertz CT molecular complexity index is 562. The molecule has 4 heteroatoms. The fourth-order valence-electron chi connectivity index (χ4n) is 2.74. The standard InChI is InChI=1S/C17H24N2OS/c1-12(2)10-18-8-7-17-19-11-14(20-17)16-9-13-5-3-4-6-15(13)21-16/h9,11-12,18H,3-8,10H2,1-2H3. The van der Waals surface area contributed by atoms with Gasteiger partial charge in [0.25, 0.3) is 0 Å². The molecule has 3 nitrogen and oxygen atoms in total. The van der Waals surface area contributed by atoms with Crippen molar-refractivity contribution in [3.63, 3.8) is 0 Å². The van der Waals surface area contributed by atoms with Gasteiger partial charge in [0.15, 0.2) is 11.7 Å². The van der Waals surface area contributed by atoms with Gasteiger partial charge in [-0.1, -0.05) is 13.8 Å². The minimum Gasteiger partial charge on any atom is -0.440 e. The molecule has 0 bridgehead atoms. The molecule has 0 saturated carbocycles. The summed E-state index contributed by atoms with van der Waals surface area (Å²) in [7, 11) is 0. The quantitative estimate of drug-likeness (QED) is 0.818. The van der Waals surface area contributed by atoms with Gasteiger partial charge in [-0.3, -0.25) is 0 Å². The lowest BCUT2D eigenvalue weighted by Gasteiger charge is -2.08. The molecule has 1 N–H and O–H groups in total. The lowest BCUT2D eigenvalue weighted by atomic mass is 9.99. The average molecular weight is 304 g/mol. The number of fused-ring (bicyclic) bond motifs is 1. The Kier molecular flexibility index (Phi) is 4.76. The van der Waals surface area contributed by atoms with Crippen LogP contribution >= 0.6 is 11.3 Å². The van der Waals surface area contributed by atoms with Crippen molar-refractivity contribution < 1.29 is 4.42 Å². The highest BCUT2D eigenvalue weighted by Gasteiger charge is 2.16. The second kappa shape index (κ2) is 6.75. The number of hydrogen-bond donors (Lipinski definition) is 1. The molecule has 2 aromatic heterocycles. The van der Waals surface area contributed by atoms with Crippen molar-refractivity contribution in [2.45, 2.75) is 46.0 Å². The van der Waals surface area contributed by atoms with Crippen LogP contribution in [0.15, 0.2) is 16.7 Å². The summed E-state index contributed by atoms with van der Waals surface area (Å²) in [6.07, 6.45) is 7.86. The van der Waals surface area contributed by atoms with Crippen LogP contribution in [0.4, 0.5) is 0 Å². The van der Waals surface area contributed by atoms with E-state index >= 15 is 0 Å². The van der Waals surface area contributed by atoms with Crippen molar-refractivity contribution in [2.24, 2.45) is 5.92 Å². The predicted molar refractivity (Wildman–Crippen MR) is 87.9 cm³/mol. The van der Waals surface area contributed by atoms with Crippen LogP contribution in [0, 0.1) is 5.92 Å². The maximum Gasteiger partial charge on any atom is 0.196 e. The molecule has 1 aliphatic rings. The van der Waals surface area contributed by atoms with Gasteiger partial charge in [-0.05, 0) is 49.8 Å². The lowest BCUT2D eigenvalue weighted by Crippen LogP contribution is -2.22. The van der Waals surface area contributed by atoms with Crippen molar-refractivity contribution >= 4 is 11.3 Å². The van der Waals surface area contributed by atoms with Gasteiger partial charge in [-0.25, -0.2) is 4.98 Å². The first-order chi connectivity index (χ1) is 10.2. The van der Waals surface area contributed by atoms with Crippen molar-refractivity contribution in [2.75, 3.05) is 13.1 Å². The number of aryl methyl sites for hydroxylation is 2. The molecular formula is C17H24N2OS. The summed E-state index contributed by atoms with van der Waals surface area (Å²) in [5.74, 6) is 2.46. The van der Waals surface area contributed by atoms with Gasteiger partial charge >= 0.3 is 0 Å². The number of nitrogens with zero attached hydrogens (tertiary/aromatic N) is 1. The lowest BCUT2D eigenvalue weighted by molar-refractivity contribution is 0.483. The molecule has 0 radical (unpaired) electrons. The van der Waals surface area contributed by atoms with Crippen molar-refractivity contribution in [1.29, 1.82) is 0 Å². The van der Waals surface area contributed by atoms with Crippen molar-refractivity contribution in [1.82, 2.24) is 10.3 Å². The third-order valence-electron chi connectivity index (χ3n) is 3.86. The maximum absolute atomic E-state index is 5.91. The summed E-state index contributed by atoms with van der Waals surface area (Å²) < 4.78 is 5.91. The molecule has 0 aliphatic heterocycles. The average Bonchev–Trinajstić information content (AvgIpc) is 3.09. The highest BCUT2D eigenvalue weighted by molar-refractivity contribution is 7.15. The van der Waals surface area contributed by atoms with Gasteiger partial charge in [-0.15, -0.1) is 11.3 Å². The predicted octanol–water partition coefficient (Wildman–Crippen LogP) is 4.07. The number of hydrogen-bond acceptors (Lipinski definition) is 4. The number of nitrogens with one attached hydrogen (secondary N) is 1. The monoisotopic (exact) mass is 304 g/mol. The Morgan fingerprint density at radius 3 is 3.00 bits per heavy atom. The minimum absolute atomic E-state index is 0.683. The van der Waals surface area contributed by atoms with Crippen LogP contribution in [-0.2, 0) is 19.3 Å². The molecule has 0 spiro atoms. The van der Waals surface area contributed by atoms with E-state index < -0.39 is 0 Å². The molecule has 0 amide bonds. The Hall–Kier alpha value is -1.13. The van der Waals surface area contributed by atoms with Gasteiger partial charge in [-0.2, -0.15) is 0 Å². The number of thiophene rings is 1. The summed E-state index contributed by atoms with van der Waals surface area (Å²) in [5, 5.41) is 3.42. The molecule has 0 unspecified atom stereocenters. The van der Waals surface area contributed by atoms with E-state index in [4.69, 9.17) is 4.42 Å². The number of aromatic nitrogens is 1. The van der Waals surface area contributed by atoms with Gasteiger partial charge in [0.1, 0.15) is 0 Å². The maximum atomic E-state index is 5.91. The van der Waals surface area contributed by atoms with Crippen LogP contribution in [0.2, 0.25) is 0 Å². The van der Waals surface area contributed by atoms with Crippen LogP contribution in [0.25, 0.3) is 10.6 Å². The Morgan fingerprint density at radius 1 is 1.33 bits per heavy atom. The normalized spacial score (nSPS) is 14.6. The summed E-state index contributed by atoms with van der Waals surface area (Å²) >= 11 is 1.88. The van der Waals surface area contributed by atoms with Gasteiger partial charge in [0.2, 0.25) is 0 Å². The Labute approximate surface area is 130 Å². The zero-order valence-corrected chi connectivity index (χ0v) is 13.8. The van der Waals surface area contributed by atoms with E-state index in [9.17, 15) is 0 Å². The third-order valence-corrected chi connectivity index (χ3v) is 5.11. The smallest absolute Gasteiger partial charge is 0.196 e. The molecule has 2 aromatic rings. The SMILES string of the molecule is CC(C)CNCCc1ncc(-c2cc3c(s2)CCCC3)o1. The zero-order chi connectivity index (χ0) is 14.7. The highest BCUT2D eigenvalue weighted by atomic mass is 32.1. The number of oxazole rings is 1. The van der Waals surface area contributed by atoms with Crippen molar-refractivity contribution in [3.8, 4) is 10.6 Å². The van der Waals surface area contributed by atoms with Crippen LogP contribution < -0.4 is 5.32 Å². The van der Waals surface area contributed by atoms with Crippen LogP contribution in [0.5, 0.6) is 0 Å². The Balaban J connectivity index is 1.60. The number of rotatable bonds is 6. The molecule has 0 aromatic carbocycles. The first kappa shape index (κ1) is 14.8. The molecule has 0 fully saturated rings. The van der Waals surface area contributed by atoms with Gasteiger partial charge in [0, 0.05) is 17.8 Å². The molecule has 21 heavy (non-hydrogen) atoms. The summed E-state index contributed by atoms with van der Waals surface area (Å²) in [6, 6.07) is 2.31. The fraction of sp³-hybridized carbons (Fsp3) is 0.588. The topological polar surface area (TPSA) is 38.1 Å².